The van der Waals surface area contributed by atoms with Crippen LogP contribution in [0.5, 0.6) is 0 Å². The van der Waals surface area contributed by atoms with Crippen molar-refractivity contribution >= 4 is 11.8 Å². The standard InChI is InChI=1S/C30H44O8/c1-17-10-8-9-11-23(32)18(2)15-28-27(36-7)16-26(37-28)21(5)25(13-12-24(33)22(6)31)38-30(35)20(4)14-19(3)29(17)34/h8-10,12-15,19,21-28,31-33H,11,16H2,1-7H3/t19-,21-,22-,23+,24+,25+,26+,27-,28-/m0/s1. The van der Waals surface area contributed by atoms with Crippen molar-refractivity contribution in [3.63, 3.8) is 0 Å². The number of carbonyl (C=O) groups is 2. The molecule has 0 radical (unpaired) electrons. The van der Waals surface area contributed by atoms with E-state index in [-0.39, 0.29) is 29.5 Å². The molecule has 8 nitrogen and oxygen atoms in total. The highest BCUT2D eigenvalue weighted by Gasteiger charge is 2.40. The summed E-state index contributed by atoms with van der Waals surface area (Å²) in [7, 11) is 1.61. The number of cyclic esters (lactones) is 1. The number of hydrogen-bond donors (Lipinski definition) is 3. The van der Waals surface area contributed by atoms with Gasteiger partial charge in [-0.25, -0.2) is 4.79 Å². The van der Waals surface area contributed by atoms with Crippen molar-refractivity contribution < 1.29 is 39.1 Å². The Morgan fingerprint density at radius 3 is 2.42 bits per heavy atom. The second-order valence-corrected chi connectivity index (χ2v) is 10.4. The molecule has 1 fully saturated rings. The summed E-state index contributed by atoms with van der Waals surface area (Å²) in [6.07, 6.45) is 7.92. The largest absolute Gasteiger partial charge is 0.454 e. The van der Waals surface area contributed by atoms with Gasteiger partial charge >= 0.3 is 5.97 Å². The van der Waals surface area contributed by atoms with E-state index in [1.54, 1.807) is 52.2 Å². The topological polar surface area (TPSA) is 123 Å². The zero-order chi connectivity index (χ0) is 28.6. The van der Waals surface area contributed by atoms with Gasteiger partial charge < -0.3 is 29.5 Å². The van der Waals surface area contributed by atoms with Crippen molar-refractivity contribution in [2.24, 2.45) is 11.8 Å². The number of ether oxygens (including phenoxy) is 3. The molecule has 0 aromatic rings. The maximum absolute atomic E-state index is 13.0. The van der Waals surface area contributed by atoms with E-state index in [2.05, 4.69) is 0 Å². The third kappa shape index (κ3) is 8.85. The molecule has 2 rings (SSSR count). The average Bonchev–Trinajstić information content (AvgIpc) is 3.29. The Kier molecular flexibility index (Phi) is 12.3. The van der Waals surface area contributed by atoms with E-state index in [4.69, 9.17) is 14.2 Å². The van der Waals surface area contributed by atoms with E-state index in [0.717, 1.165) is 5.57 Å². The molecule has 2 bridgehead atoms. The number of rotatable bonds is 4. The molecule has 0 amide bonds. The van der Waals surface area contributed by atoms with Crippen molar-refractivity contribution in [1.82, 2.24) is 0 Å². The van der Waals surface area contributed by atoms with Crippen LogP contribution in [0.3, 0.4) is 0 Å². The highest BCUT2D eigenvalue weighted by molar-refractivity contribution is 5.99. The molecule has 8 heteroatoms. The molecule has 0 unspecified atom stereocenters. The Morgan fingerprint density at radius 1 is 1.11 bits per heavy atom. The number of hydrogen-bond acceptors (Lipinski definition) is 8. The number of Topliss-reactive ketones (excluding diaryl/α,β-unsaturated/α-hetero) is 1. The fraction of sp³-hybridized carbons (Fsp3) is 0.600. The van der Waals surface area contributed by atoms with Crippen LogP contribution in [-0.2, 0) is 23.8 Å². The Bertz CT molecular complexity index is 973. The highest BCUT2D eigenvalue weighted by Crippen LogP contribution is 2.32. The van der Waals surface area contributed by atoms with Crippen LogP contribution in [0.25, 0.3) is 0 Å². The van der Waals surface area contributed by atoms with Crippen LogP contribution in [0.1, 0.15) is 54.4 Å². The monoisotopic (exact) mass is 532 g/mol. The van der Waals surface area contributed by atoms with Crippen molar-refractivity contribution in [3.05, 3.63) is 59.3 Å². The van der Waals surface area contributed by atoms with Gasteiger partial charge in [-0.05, 0) is 51.3 Å². The third-order valence-corrected chi connectivity index (χ3v) is 7.22. The summed E-state index contributed by atoms with van der Waals surface area (Å²) in [6, 6.07) is 0. The minimum absolute atomic E-state index is 0.127. The van der Waals surface area contributed by atoms with E-state index in [9.17, 15) is 24.9 Å². The number of carbonyl (C=O) groups excluding carboxylic acids is 2. The smallest absolute Gasteiger partial charge is 0.334 e. The summed E-state index contributed by atoms with van der Waals surface area (Å²) in [4.78, 5) is 25.9. The molecule has 2 heterocycles. The summed E-state index contributed by atoms with van der Waals surface area (Å²) < 4.78 is 17.8. The van der Waals surface area contributed by atoms with Gasteiger partial charge in [0, 0.05) is 30.9 Å². The Labute approximate surface area is 226 Å². The van der Waals surface area contributed by atoms with Crippen LogP contribution in [0.2, 0.25) is 0 Å². The summed E-state index contributed by atoms with van der Waals surface area (Å²) in [6.45, 7) is 10.2. The predicted molar refractivity (Wildman–Crippen MR) is 145 cm³/mol. The lowest BCUT2D eigenvalue weighted by Gasteiger charge is -2.27. The summed E-state index contributed by atoms with van der Waals surface area (Å²) in [5.74, 6) is -1.60. The van der Waals surface area contributed by atoms with E-state index in [0.29, 0.717) is 18.4 Å². The number of esters is 1. The lowest BCUT2D eigenvalue weighted by atomic mass is 9.93. The van der Waals surface area contributed by atoms with Crippen molar-refractivity contribution in [1.29, 1.82) is 0 Å². The van der Waals surface area contributed by atoms with E-state index in [1.807, 2.05) is 26.0 Å². The number of allylic oxidation sites excluding steroid dienone is 4. The molecule has 0 aliphatic carbocycles. The van der Waals surface area contributed by atoms with Crippen molar-refractivity contribution in [3.8, 4) is 0 Å². The first kappa shape index (κ1) is 31.9. The first-order chi connectivity index (χ1) is 17.8. The number of ketones is 1. The maximum Gasteiger partial charge on any atom is 0.334 e. The molecule has 2 aliphatic heterocycles. The summed E-state index contributed by atoms with van der Waals surface area (Å²) in [5.41, 5.74) is 1.55. The molecule has 0 spiro atoms. The number of aliphatic hydroxyl groups is 3. The number of aliphatic hydroxyl groups excluding tert-OH is 3. The Morgan fingerprint density at radius 2 is 1.79 bits per heavy atom. The zero-order valence-corrected chi connectivity index (χ0v) is 23.5. The molecule has 0 aromatic heterocycles. The van der Waals surface area contributed by atoms with Crippen molar-refractivity contribution in [2.45, 2.75) is 97.1 Å². The van der Waals surface area contributed by atoms with Crippen molar-refractivity contribution in [2.75, 3.05) is 7.11 Å². The number of fused-ring (bicyclic) bond motifs is 2. The van der Waals surface area contributed by atoms with Gasteiger partial charge in [0.05, 0.1) is 30.5 Å². The van der Waals surface area contributed by atoms with Crippen LogP contribution in [0.4, 0.5) is 0 Å². The molecule has 212 valence electrons. The average molecular weight is 533 g/mol. The van der Waals surface area contributed by atoms with Gasteiger partial charge in [0.25, 0.3) is 0 Å². The van der Waals surface area contributed by atoms with Gasteiger partial charge in [-0.1, -0.05) is 50.3 Å². The molecule has 9 atom stereocenters. The zero-order valence-electron chi connectivity index (χ0n) is 23.5. The van der Waals surface area contributed by atoms with Gasteiger partial charge in [0.1, 0.15) is 12.2 Å². The van der Waals surface area contributed by atoms with E-state index < -0.39 is 42.4 Å². The molecule has 3 N–H and O–H groups in total. The highest BCUT2D eigenvalue weighted by atomic mass is 16.6. The maximum atomic E-state index is 13.0. The van der Waals surface area contributed by atoms with E-state index in [1.165, 1.54) is 13.0 Å². The molecule has 2 aliphatic rings. The first-order valence-electron chi connectivity index (χ1n) is 13.2. The SMILES string of the molecule is CO[C@H]1C[C@H]2O[C@H]1C=C(C)[C@H](O)CC=CC=C(C)C(=O)[C@@H](C)C=C(C)C(=O)O[C@H](C=C[C@@H](O)[C@H](C)O)[C@@H]2C. The Balaban J connectivity index is 2.48. The lowest BCUT2D eigenvalue weighted by Crippen LogP contribution is -2.33. The van der Waals surface area contributed by atoms with Gasteiger partial charge in [-0.2, -0.15) is 0 Å². The second-order valence-electron chi connectivity index (χ2n) is 10.4. The third-order valence-electron chi connectivity index (χ3n) is 7.22. The van der Waals surface area contributed by atoms with Crippen LogP contribution in [0.15, 0.2) is 59.3 Å². The predicted octanol–water partition coefficient (Wildman–Crippen LogP) is 3.37. The fourth-order valence-electron chi connectivity index (χ4n) is 4.49. The van der Waals surface area contributed by atoms with Gasteiger partial charge in [0.15, 0.2) is 5.78 Å². The van der Waals surface area contributed by atoms with Crippen LogP contribution in [-0.4, -0.2) is 76.9 Å². The quantitative estimate of drug-likeness (QED) is 0.372. The lowest BCUT2D eigenvalue weighted by molar-refractivity contribution is -0.146. The Hall–Kier alpha value is -2.36. The van der Waals surface area contributed by atoms with Gasteiger partial charge in [-0.15, -0.1) is 0 Å². The minimum atomic E-state index is -1.13. The molecule has 0 aromatic carbocycles. The first-order valence-corrected chi connectivity index (χ1v) is 13.2. The summed E-state index contributed by atoms with van der Waals surface area (Å²) >= 11 is 0. The fourth-order valence-corrected chi connectivity index (χ4v) is 4.49. The van der Waals surface area contributed by atoms with E-state index >= 15 is 0 Å². The molecular weight excluding hydrogens is 488 g/mol. The van der Waals surface area contributed by atoms with Crippen LogP contribution in [0, 0.1) is 11.8 Å². The molecule has 38 heavy (non-hydrogen) atoms. The molecule has 1 saturated heterocycles. The van der Waals surface area contributed by atoms with Gasteiger partial charge in [0.2, 0.25) is 0 Å². The molecular formula is C30H44O8. The van der Waals surface area contributed by atoms with Gasteiger partial charge in [-0.3, -0.25) is 4.79 Å². The van der Waals surface area contributed by atoms with Crippen LogP contribution < -0.4 is 0 Å². The normalized spacial score (nSPS) is 33.9. The van der Waals surface area contributed by atoms with Crippen LogP contribution >= 0.6 is 0 Å². The number of methoxy groups -OCH3 is 1. The molecule has 0 saturated carbocycles. The minimum Gasteiger partial charge on any atom is -0.454 e. The summed E-state index contributed by atoms with van der Waals surface area (Å²) in [5, 5.41) is 30.5. The second kappa shape index (κ2) is 14.7.